The van der Waals surface area contributed by atoms with Crippen molar-refractivity contribution in [1.82, 2.24) is 9.47 Å². The van der Waals surface area contributed by atoms with Crippen LogP contribution in [0, 0.1) is 5.82 Å². The number of carbonyl (C=O) groups excluding carboxylic acids is 3. The van der Waals surface area contributed by atoms with Crippen molar-refractivity contribution in [2.24, 2.45) is 0 Å². The lowest BCUT2D eigenvalue weighted by Gasteiger charge is -2.14. The molecule has 0 radical (unpaired) electrons. The van der Waals surface area contributed by atoms with Gasteiger partial charge in [0, 0.05) is 34.2 Å². The van der Waals surface area contributed by atoms with Gasteiger partial charge in [-0.2, -0.15) is 0 Å². The average molecular weight is 550 g/mol. The second-order valence-electron chi connectivity index (χ2n) is 8.48. The Kier molecular flexibility index (Phi) is 7.22. The molecule has 1 fully saturated rings. The minimum atomic E-state index is -0.548. The van der Waals surface area contributed by atoms with E-state index in [0.29, 0.717) is 23.0 Å². The van der Waals surface area contributed by atoms with Gasteiger partial charge in [-0.25, -0.2) is 4.39 Å². The van der Waals surface area contributed by atoms with Gasteiger partial charge in [0.15, 0.2) is 0 Å². The van der Waals surface area contributed by atoms with E-state index in [1.165, 1.54) is 19.2 Å². The molecule has 1 aromatic heterocycles. The molecule has 0 bridgehead atoms. The maximum absolute atomic E-state index is 13.5. The zero-order chi connectivity index (χ0) is 26.8. The first-order valence-electron chi connectivity index (χ1n) is 11.5. The molecule has 2 heterocycles. The second-order valence-corrected chi connectivity index (χ2v) is 9.88. The zero-order valence-corrected chi connectivity index (χ0v) is 21.7. The monoisotopic (exact) mass is 549 g/mol. The Morgan fingerprint density at radius 2 is 1.87 bits per heavy atom. The van der Waals surface area contributed by atoms with Crippen LogP contribution < -0.4 is 10.1 Å². The quantitative estimate of drug-likeness (QED) is 0.279. The van der Waals surface area contributed by atoms with Crippen LogP contribution in [0.2, 0.25) is 5.02 Å². The number of carbonyl (C=O) groups is 3. The van der Waals surface area contributed by atoms with Gasteiger partial charge in [0.05, 0.1) is 17.7 Å². The van der Waals surface area contributed by atoms with Crippen molar-refractivity contribution in [3.05, 3.63) is 99.8 Å². The van der Waals surface area contributed by atoms with Gasteiger partial charge in [0.25, 0.3) is 11.1 Å². The second kappa shape index (κ2) is 10.7. The number of hydrogen-bond acceptors (Lipinski definition) is 5. The summed E-state index contributed by atoms with van der Waals surface area (Å²) in [6, 6.07) is 18.7. The number of imide groups is 1. The number of thioether (sulfide) groups is 1. The minimum absolute atomic E-state index is 0.211. The summed E-state index contributed by atoms with van der Waals surface area (Å²) < 4.78 is 20.7. The molecule has 0 atom stereocenters. The lowest BCUT2D eigenvalue weighted by atomic mass is 10.1. The maximum atomic E-state index is 13.5. The molecule has 5 rings (SSSR count). The number of hydrogen-bond donors (Lipinski definition) is 1. The molecule has 38 heavy (non-hydrogen) atoms. The fourth-order valence-electron chi connectivity index (χ4n) is 4.21. The number of methoxy groups -OCH3 is 1. The Morgan fingerprint density at radius 3 is 2.66 bits per heavy atom. The van der Waals surface area contributed by atoms with E-state index >= 15 is 0 Å². The van der Waals surface area contributed by atoms with Gasteiger partial charge in [-0.05, 0) is 53.7 Å². The normalized spacial score (nSPS) is 14.5. The average Bonchev–Trinajstić information content (AvgIpc) is 3.38. The van der Waals surface area contributed by atoms with E-state index < -0.39 is 29.4 Å². The van der Waals surface area contributed by atoms with Gasteiger partial charge >= 0.3 is 0 Å². The topological polar surface area (TPSA) is 80.6 Å². The molecule has 0 unspecified atom stereocenters. The van der Waals surface area contributed by atoms with E-state index in [1.54, 1.807) is 36.4 Å². The highest BCUT2D eigenvalue weighted by molar-refractivity contribution is 8.18. The number of rotatable bonds is 7. The highest BCUT2D eigenvalue weighted by Crippen LogP contribution is 2.34. The third-order valence-corrected chi connectivity index (χ3v) is 7.28. The van der Waals surface area contributed by atoms with Crippen LogP contribution in [0.5, 0.6) is 5.75 Å². The van der Waals surface area contributed by atoms with Crippen LogP contribution in [-0.4, -0.2) is 40.2 Å². The SMILES string of the molecule is COc1ccccc1NC(=O)CN1C(=O)S/C(=C\c2cn(Cc3ccc(F)cc3Cl)c3ccccc23)C1=O. The fourth-order valence-corrected chi connectivity index (χ4v) is 5.27. The fraction of sp³-hybridized carbons (Fsp3) is 0.107. The van der Waals surface area contributed by atoms with Crippen molar-refractivity contribution in [3.63, 3.8) is 0 Å². The van der Waals surface area contributed by atoms with Crippen LogP contribution in [0.4, 0.5) is 14.9 Å². The van der Waals surface area contributed by atoms with Crippen LogP contribution in [0.25, 0.3) is 17.0 Å². The standard InChI is InChI=1S/C28H21ClFN3O4S/c1-37-24-9-5-3-7-22(24)31-26(34)16-33-27(35)25(38-28(33)36)12-18-15-32(23-8-4-2-6-20(18)23)14-17-10-11-19(30)13-21(17)29/h2-13,15H,14,16H2,1H3,(H,31,34)/b25-12-. The smallest absolute Gasteiger partial charge is 0.294 e. The molecule has 0 aliphatic carbocycles. The van der Waals surface area contributed by atoms with Crippen molar-refractivity contribution in [2.45, 2.75) is 6.54 Å². The summed E-state index contributed by atoms with van der Waals surface area (Å²) in [6.07, 6.45) is 3.50. The molecular weight excluding hydrogens is 529 g/mol. The van der Waals surface area contributed by atoms with E-state index in [4.69, 9.17) is 16.3 Å². The van der Waals surface area contributed by atoms with Crippen LogP contribution >= 0.6 is 23.4 Å². The molecule has 4 aromatic rings. The first-order chi connectivity index (χ1) is 18.3. The molecule has 1 N–H and O–H groups in total. The Balaban J connectivity index is 1.38. The van der Waals surface area contributed by atoms with E-state index in [2.05, 4.69) is 5.32 Å². The molecule has 1 aliphatic rings. The predicted octanol–water partition coefficient (Wildman–Crippen LogP) is 6.17. The van der Waals surface area contributed by atoms with Crippen LogP contribution in [0.3, 0.4) is 0 Å². The number of nitrogens with zero attached hydrogens (tertiary/aromatic N) is 2. The molecular formula is C28H21ClFN3O4S. The summed E-state index contributed by atoms with van der Waals surface area (Å²) in [7, 11) is 1.48. The summed E-state index contributed by atoms with van der Waals surface area (Å²) in [5, 5.41) is 3.33. The number of nitrogens with one attached hydrogen (secondary N) is 1. The Bertz CT molecular complexity index is 1620. The van der Waals surface area contributed by atoms with E-state index in [9.17, 15) is 18.8 Å². The highest BCUT2D eigenvalue weighted by Gasteiger charge is 2.36. The Hall–Kier alpha value is -4.08. The zero-order valence-electron chi connectivity index (χ0n) is 20.1. The molecule has 10 heteroatoms. The summed E-state index contributed by atoms with van der Waals surface area (Å²) >= 11 is 7.02. The number of halogens is 2. The van der Waals surface area contributed by atoms with Gasteiger partial charge in [0.2, 0.25) is 5.91 Å². The van der Waals surface area contributed by atoms with Gasteiger partial charge in [-0.15, -0.1) is 0 Å². The van der Waals surface area contributed by atoms with Crippen molar-refractivity contribution < 1.29 is 23.5 Å². The van der Waals surface area contributed by atoms with Gasteiger partial charge in [-0.3, -0.25) is 19.3 Å². The molecule has 7 nitrogen and oxygen atoms in total. The first kappa shape index (κ1) is 25.6. The third kappa shape index (κ3) is 5.16. The van der Waals surface area contributed by atoms with Gasteiger partial charge in [-0.1, -0.05) is 48.0 Å². The first-order valence-corrected chi connectivity index (χ1v) is 12.7. The van der Waals surface area contributed by atoms with Crippen molar-refractivity contribution >= 4 is 63.1 Å². The van der Waals surface area contributed by atoms with E-state index in [1.807, 2.05) is 35.0 Å². The number of fused-ring (bicyclic) bond motifs is 1. The lowest BCUT2D eigenvalue weighted by Crippen LogP contribution is -2.36. The molecule has 3 aromatic carbocycles. The molecule has 0 saturated carbocycles. The summed E-state index contributed by atoms with van der Waals surface area (Å²) in [6.45, 7) is -0.0387. The maximum Gasteiger partial charge on any atom is 0.294 e. The Morgan fingerprint density at radius 1 is 1.11 bits per heavy atom. The molecule has 0 spiro atoms. The van der Waals surface area contributed by atoms with Crippen molar-refractivity contribution in [1.29, 1.82) is 0 Å². The minimum Gasteiger partial charge on any atom is -0.495 e. The number of benzene rings is 3. The van der Waals surface area contributed by atoms with Crippen LogP contribution in [-0.2, 0) is 16.1 Å². The van der Waals surface area contributed by atoms with E-state index in [-0.39, 0.29) is 4.91 Å². The number of amides is 3. The van der Waals surface area contributed by atoms with Crippen molar-refractivity contribution in [2.75, 3.05) is 19.0 Å². The number of aromatic nitrogens is 1. The largest absolute Gasteiger partial charge is 0.495 e. The summed E-state index contributed by atoms with van der Waals surface area (Å²) in [4.78, 5) is 39.5. The van der Waals surface area contributed by atoms with Crippen LogP contribution in [0.1, 0.15) is 11.1 Å². The van der Waals surface area contributed by atoms with E-state index in [0.717, 1.165) is 38.7 Å². The lowest BCUT2D eigenvalue weighted by molar-refractivity contribution is -0.127. The highest BCUT2D eigenvalue weighted by atomic mass is 35.5. The Labute approximate surface area is 226 Å². The van der Waals surface area contributed by atoms with Crippen LogP contribution in [0.15, 0.2) is 77.8 Å². The van der Waals surface area contributed by atoms with Gasteiger partial charge < -0.3 is 14.6 Å². The third-order valence-electron chi connectivity index (χ3n) is 6.02. The predicted molar refractivity (Wildman–Crippen MR) is 147 cm³/mol. The van der Waals surface area contributed by atoms with Gasteiger partial charge in [0.1, 0.15) is 18.1 Å². The molecule has 1 saturated heterocycles. The number of ether oxygens (including phenoxy) is 1. The summed E-state index contributed by atoms with van der Waals surface area (Å²) in [5.41, 5.74) is 2.79. The molecule has 192 valence electrons. The molecule has 1 aliphatic heterocycles. The number of para-hydroxylation sites is 3. The summed E-state index contributed by atoms with van der Waals surface area (Å²) in [5.74, 6) is -1.02. The molecule has 3 amide bonds. The number of anilines is 1. The van der Waals surface area contributed by atoms with Crippen molar-refractivity contribution in [3.8, 4) is 5.75 Å².